The van der Waals surface area contributed by atoms with Gasteiger partial charge in [0.05, 0.1) is 33.8 Å². The van der Waals surface area contributed by atoms with E-state index in [2.05, 4.69) is 94.0 Å². The number of aryl methyl sites for hydroxylation is 5. The summed E-state index contributed by atoms with van der Waals surface area (Å²) < 4.78 is 62.2. The van der Waals surface area contributed by atoms with Crippen molar-refractivity contribution in [1.82, 2.24) is 87.4 Å². The van der Waals surface area contributed by atoms with E-state index in [0.717, 1.165) is 96.9 Å². The molecular weight excluding hydrogens is 1180 g/mol. The van der Waals surface area contributed by atoms with E-state index in [9.17, 15) is 14.0 Å². The quantitative estimate of drug-likeness (QED) is 0.0658. The van der Waals surface area contributed by atoms with E-state index < -0.39 is 6.67 Å². The van der Waals surface area contributed by atoms with Crippen LogP contribution in [0.15, 0.2) is 99.1 Å². The molecule has 3 aliphatic heterocycles. The predicted molar refractivity (Wildman–Crippen MR) is 321 cm³/mol. The van der Waals surface area contributed by atoms with Crippen molar-refractivity contribution in [3.8, 4) is 51.7 Å². The molecule has 0 saturated carbocycles. The van der Waals surface area contributed by atoms with E-state index in [1.54, 1.807) is 43.5 Å². The molecule has 474 valence electrons. The lowest BCUT2D eigenvalue weighted by atomic mass is 10.1. The minimum Gasteiger partial charge on any atom is -0.472 e. The van der Waals surface area contributed by atoms with Crippen LogP contribution in [-0.4, -0.2) is 141 Å². The molecule has 3 N–H and O–H groups in total. The number of ether oxygens (including phenoxy) is 6. The molecule has 0 bridgehead atoms. The first kappa shape index (κ1) is 63.9. The second-order valence-electron chi connectivity index (χ2n) is 21.4. The summed E-state index contributed by atoms with van der Waals surface area (Å²) in [5, 5.41) is 61.9. The van der Waals surface area contributed by atoms with Gasteiger partial charge in [0.2, 0.25) is 17.6 Å². The molecular formula is C62H68FN17O11. The highest BCUT2D eigenvalue weighted by atomic mass is 19.1. The van der Waals surface area contributed by atoms with Crippen LogP contribution in [0.4, 0.5) is 4.39 Å². The molecule has 9 aromatic rings. The third-order valence-electron chi connectivity index (χ3n) is 14.7. The molecule has 91 heavy (non-hydrogen) atoms. The van der Waals surface area contributed by atoms with E-state index in [4.69, 9.17) is 42.0 Å². The number of rotatable bonds is 20. The molecule has 2 amide bonds. The second kappa shape index (κ2) is 31.4. The van der Waals surface area contributed by atoms with Crippen molar-refractivity contribution in [3.05, 3.63) is 154 Å². The summed E-state index contributed by atoms with van der Waals surface area (Å²) in [6, 6.07) is 21.5. The van der Waals surface area contributed by atoms with Crippen LogP contribution in [0.5, 0.6) is 17.6 Å². The molecule has 0 unspecified atom stereocenters. The smallest absolute Gasteiger partial charge is 0.272 e. The van der Waals surface area contributed by atoms with Gasteiger partial charge < -0.3 is 57.9 Å². The maximum absolute atomic E-state index is 13.3. The van der Waals surface area contributed by atoms with Gasteiger partial charge in [0.1, 0.15) is 65.5 Å². The van der Waals surface area contributed by atoms with Crippen LogP contribution in [0.25, 0.3) is 39.7 Å². The number of hydrogen-bond acceptors (Lipinski definition) is 26. The molecule has 29 heteroatoms. The van der Waals surface area contributed by atoms with E-state index in [-0.39, 0.29) is 66.7 Å². The van der Waals surface area contributed by atoms with Crippen LogP contribution in [0.3, 0.4) is 0 Å². The van der Waals surface area contributed by atoms with Gasteiger partial charge in [-0.05, 0) is 128 Å². The summed E-state index contributed by atoms with van der Waals surface area (Å²) in [6.07, 6.45) is 6.84. The zero-order chi connectivity index (χ0) is 63.5. The van der Waals surface area contributed by atoms with Gasteiger partial charge in [0, 0.05) is 93.4 Å². The molecule has 0 radical (unpaired) electrons. The van der Waals surface area contributed by atoms with Crippen molar-refractivity contribution in [3.63, 3.8) is 0 Å². The molecule has 3 saturated heterocycles. The summed E-state index contributed by atoms with van der Waals surface area (Å²) >= 11 is 0. The predicted octanol–water partition coefficient (Wildman–Crippen LogP) is 7.68. The van der Waals surface area contributed by atoms with E-state index in [1.165, 1.54) is 12.1 Å². The Morgan fingerprint density at radius 2 is 0.890 bits per heavy atom. The Morgan fingerprint density at radius 3 is 1.32 bits per heavy atom. The SMILES string of the molecule is C=C(NC1CCOCC1)c1ccc(OCc2c(-c3ccc(C)nc3)noc2C)nn1.Cc1ccc(-c2noc(C)c2COc2ccc(C(=O)NC3CCOCC3)nn2)nn1.Cc1ccc(-c2noc(CF)c2COc2ccc(C(=O)NC3CCOCC3)nn2)nn1. The Balaban J connectivity index is 0.000000150. The molecule has 3 fully saturated rings. The van der Waals surface area contributed by atoms with Gasteiger partial charge in [0.25, 0.3) is 11.8 Å². The highest BCUT2D eigenvalue weighted by molar-refractivity contribution is 5.92. The highest BCUT2D eigenvalue weighted by Gasteiger charge is 2.24. The molecule has 28 nitrogen and oxygen atoms in total. The summed E-state index contributed by atoms with van der Waals surface area (Å²) in [5.74, 6) is 1.69. The van der Waals surface area contributed by atoms with E-state index in [1.807, 2.05) is 58.0 Å². The van der Waals surface area contributed by atoms with Crippen LogP contribution < -0.4 is 30.2 Å². The maximum atomic E-state index is 13.3. The third-order valence-corrected chi connectivity index (χ3v) is 14.7. The Bertz CT molecular complexity index is 3630. The minimum absolute atomic E-state index is 0.0396. The number of aromatic nitrogens is 14. The Morgan fingerprint density at radius 1 is 0.473 bits per heavy atom. The molecule has 0 aliphatic carbocycles. The average Bonchev–Trinajstić information content (AvgIpc) is 1.94. The maximum Gasteiger partial charge on any atom is 0.272 e. The number of hydrogen-bond donors (Lipinski definition) is 3. The number of halogens is 1. The molecule has 3 aliphatic rings. The van der Waals surface area contributed by atoms with Crippen LogP contribution in [0.2, 0.25) is 0 Å². The Kier molecular flexibility index (Phi) is 22.0. The number of carbonyl (C=O) groups excluding carboxylic acids is 2. The second-order valence-corrected chi connectivity index (χ2v) is 21.4. The lowest BCUT2D eigenvalue weighted by molar-refractivity contribution is 0.0687. The van der Waals surface area contributed by atoms with Crippen LogP contribution in [-0.2, 0) is 40.7 Å². The number of pyridine rings is 1. The van der Waals surface area contributed by atoms with Crippen LogP contribution in [0, 0.1) is 34.6 Å². The van der Waals surface area contributed by atoms with Crippen molar-refractivity contribution < 1.29 is 56.0 Å². The Hall–Kier alpha value is -10.1. The van der Waals surface area contributed by atoms with Gasteiger partial charge in [0.15, 0.2) is 23.8 Å². The molecule has 12 rings (SSSR count). The normalized spacial score (nSPS) is 14.4. The standard InChI is InChI=1S/C22H25N5O3.C20H21FN6O4.C20H22N6O4/c1-14-4-5-17(12-23-14)22-19(16(3)30-27-22)13-29-21-7-6-20(25-26-21)15(2)24-18-8-10-28-11-9-18;1-12-2-3-15(24-23-12)19-14(17(10-21)31-27-19)11-30-18-5-4-16(25-26-18)20(28)22-13-6-8-29-9-7-13;1-12-3-4-16(23-22-12)19-15(13(2)30-26-19)11-29-18-6-5-17(24-25-18)20(27)21-14-7-9-28-10-8-14/h4-7,12,18,24H,2,8-11,13H2,1,3H3;2-5,13H,6-11H2,1H3,(H,22,28);3-6,14H,7-11H2,1-2H3,(H,21,27). The van der Waals surface area contributed by atoms with Gasteiger partial charge in [-0.3, -0.25) is 14.6 Å². The monoisotopic (exact) mass is 1250 g/mol. The number of nitrogens with zero attached hydrogens (tertiary/aromatic N) is 14. The van der Waals surface area contributed by atoms with Gasteiger partial charge in [-0.1, -0.05) is 22.0 Å². The number of alkyl halides is 1. The summed E-state index contributed by atoms with van der Waals surface area (Å²) in [5.41, 5.74) is 9.95. The zero-order valence-corrected chi connectivity index (χ0v) is 50.9. The van der Waals surface area contributed by atoms with Crippen LogP contribution in [0.1, 0.15) is 116 Å². The summed E-state index contributed by atoms with van der Waals surface area (Å²) in [4.78, 5) is 28.9. The minimum atomic E-state index is -0.845. The number of nitrogens with one attached hydrogen (secondary N) is 3. The lowest BCUT2D eigenvalue weighted by Crippen LogP contribution is -2.39. The molecule has 0 aromatic carbocycles. The largest absolute Gasteiger partial charge is 0.472 e. The first-order valence-corrected chi connectivity index (χ1v) is 29.5. The topological polar surface area (TPSA) is 345 Å². The van der Waals surface area contributed by atoms with Crippen molar-refractivity contribution in [2.24, 2.45) is 0 Å². The Labute approximate surface area is 521 Å². The highest BCUT2D eigenvalue weighted by Crippen LogP contribution is 2.29. The van der Waals surface area contributed by atoms with E-state index in [0.29, 0.717) is 89.8 Å². The lowest BCUT2D eigenvalue weighted by Gasteiger charge is -2.24. The van der Waals surface area contributed by atoms with Gasteiger partial charge in [-0.25, -0.2) is 4.39 Å². The van der Waals surface area contributed by atoms with Gasteiger partial charge in [-0.15, -0.1) is 40.8 Å². The summed E-state index contributed by atoms with van der Waals surface area (Å²) in [6.45, 7) is 17.0. The fourth-order valence-corrected chi connectivity index (χ4v) is 9.40. The fraction of sp³-hybridized carbons (Fsp3) is 0.387. The molecule has 12 heterocycles. The van der Waals surface area contributed by atoms with Crippen LogP contribution >= 0.6 is 0 Å². The first-order valence-electron chi connectivity index (χ1n) is 29.5. The van der Waals surface area contributed by atoms with Crippen molar-refractivity contribution in [2.75, 3.05) is 39.6 Å². The van der Waals surface area contributed by atoms with Crippen molar-refractivity contribution in [1.29, 1.82) is 0 Å². The summed E-state index contributed by atoms with van der Waals surface area (Å²) in [7, 11) is 0. The van der Waals surface area contributed by atoms with Gasteiger partial charge in [-0.2, -0.15) is 10.2 Å². The average molecular weight is 1250 g/mol. The number of carbonyl (C=O) groups is 2. The molecule has 0 spiro atoms. The van der Waals surface area contributed by atoms with Crippen molar-refractivity contribution in [2.45, 2.75) is 118 Å². The zero-order valence-electron chi connectivity index (χ0n) is 50.9. The molecule has 9 aromatic heterocycles. The first-order chi connectivity index (χ1) is 44.3. The van der Waals surface area contributed by atoms with Crippen molar-refractivity contribution >= 4 is 17.5 Å². The molecule has 0 atom stereocenters. The fourth-order valence-electron chi connectivity index (χ4n) is 9.40. The van der Waals surface area contributed by atoms with E-state index >= 15 is 0 Å². The third kappa shape index (κ3) is 17.6. The number of amides is 2. The van der Waals surface area contributed by atoms with Gasteiger partial charge >= 0.3 is 0 Å².